The number of halogens is 3. The second-order valence-corrected chi connectivity index (χ2v) is 8.49. The number of imidazole rings is 1. The molecular weight excluding hydrogens is 467 g/mol. The zero-order valence-electron chi connectivity index (χ0n) is 18.5. The highest BCUT2D eigenvalue weighted by Gasteiger charge is 2.33. The van der Waals surface area contributed by atoms with Gasteiger partial charge >= 0.3 is 6.18 Å². The van der Waals surface area contributed by atoms with Crippen LogP contribution in [0, 0.1) is 0 Å². The summed E-state index contributed by atoms with van der Waals surface area (Å²) >= 11 is 0. The van der Waals surface area contributed by atoms with Crippen molar-refractivity contribution in [3.8, 4) is 0 Å². The third-order valence-corrected chi connectivity index (χ3v) is 5.99. The lowest BCUT2D eigenvalue weighted by atomic mass is 9.97. The van der Waals surface area contributed by atoms with Crippen LogP contribution in [0.3, 0.4) is 0 Å². The molecular formula is C23H22F3N5O4. The molecule has 0 radical (unpaired) electrons. The molecule has 12 heteroatoms. The first-order valence-corrected chi connectivity index (χ1v) is 11.1. The van der Waals surface area contributed by atoms with Crippen LogP contribution in [0.15, 0.2) is 36.7 Å². The summed E-state index contributed by atoms with van der Waals surface area (Å²) < 4.78 is 51.3. The molecule has 35 heavy (non-hydrogen) atoms. The Balaban J connectivity index is 1.48. The number of hydrogen-bond donors (Lipinski definition) is 2. The minimum Gasteiger partial charge on any atom is -0.381 e. The lowest BCUT2D eigenvalue weighted by Crippen LogP contribution is -2.48. The summed E-state index contributed by atoms with van der Waals surface area (Å²) in [6, 6.07) is 4.45. The highest BCUT2D eigenvalue weighted by atomic mass is 19.4. The average Bonchev–Trinajstić information content (AvgIpc) is 3.24. The number of amides is 2. The van der Waals surface area contributed by atoms with Crippen LogP contribution < -0.4 is 10.6 Å². The lowest BCUT2D eigenvalue weighted by Gasteiger charge is -2.27. The molecule has 0 unspecified atom stereocenters. The molecule has 2 N–H and O–H groups in total. The van der Waals surface area contributed by atoms with Gasteiger partial charge in [0.1, 0.15) is 17.0 Å². The third kappa shape index (κ3) is 4.98. The number of carbonyl (C=O) groups is 2. The van der Waals surface area contributed by atoms with Gasteiger partial charge in [-0.1, -0.05) is 6.07 Å². The fourth-order valence-electron chi connectivity index (χ4n) is 4.02. The van der Waals surface area contributed by atoms with Crippen LogP contribution in [0.4, 0.5) is 18.9 Å². The van der Waals surface area contributed by atoms with Gasteiger partial charge in [-0.15, -0.1) is 0 Å². The van der Waals surface area contributed by atoms with Gasteiger partial charge in [-0.05, 0) is 31.0 Å². The van der Waals surface area contributed by atoms with Gasteiger partial charge in [0.15, 0.2) is 0 Å². The molecule has 3 aromatic heterocycles. The van der Waals surface area contributed by atoms with Crippen LogP contribution >= 0.6 is 0 Å². The van der Waals surface area contributed by atoms with E-state index in [0.29, 0.717) is 32.1 Å². The Morgan fingerprint density at radius 1 is 1.03 bits per heavy atom. The number of ether oxygens (including phenoxy) is 2. The number of anilines is 1. The zero-order chi connectivity index (χ0) is 24.6. The highest BCUT2D eigenvalue weighted by molar-refractivity contribution is 6.08. The Kier molecular flexibility index (Phi) is 6.15. The SMILES string of the molecule is O=C(Nc1cn2cc(C3CCOCC3)nc2cc1C(=O)NC1COC1)c1cccc(C(F)(F)F)n1. The van der Waals surface area contributed by atoms with Gasteiger partial charge in [0.25, 0.3) is 11.8 Å². The molecule has 5 rings (SSSR count). The van der Waals surface area contributed by atoms with Crippen molar-refractivity contribution < 1.29 is 32.2 Å². The Bertz CT molecular complexity index is 1270. The van der Waals surface area contributed by atoms with Crippen LogP contribution in [-0.2, 0) is 15.7 Å². The Hall–Kier alpha value is -3.51. The third-order valence-electron chi connectivity index (χ3n) is 5.99. The molecule has 0 bridgehead atoms. The first-order chi connectivity index (χ1) is 16.8. The van der Waals surface area contributed by atoms with Crippen LogP contribution in [0.5, 0.6) is 0 Å². The second kappa shape index (κ2) is 9.27. The van der Waals surface area contributed by atoms with Crippen molar-refractivity contribution in [1.82, 2.24) is 19.7 Å². The van der Waals surface area contributed by atoms with E-state index in [1.54, 1.807) is 10.5 Å². The van der Waals surface area contributed by atoms with E-state index in [1.165, 1.54) is 12.3 Å². The largest absolute Gasteiger partial charge is 0.433 e. The van der Waals surface area contributed by atoms with Crippen LogP contribution in [0.25, 0.3) is 5.65 Å². The van der Waals surface area contributed by atoms with Crippen molar-refractivity contribution in [2.24, 2.45) is 0 Å². The number of alkyl halides is 3. The van der Waals surface area contributed by atoms with Gasteiger partial charge in [-0.3, -0.25) is 9.59 Å². The zero-order valence-corrected chi connectivity index (χ0v) is 18.5. The second-order valence-electron chi connectivity index (χ2n) is 8.49. The Morgan fingerprint density at radius 2 is 1.80 bits per heavy atom. The monoisotopic (exact) mass is 489 g/mol. The van der Waals surface area contributed by atoms with E-state index in [4.69, 9.17) is 9.47 Å². The fourth-order valence-corrected chi connectivity index (χ4v) is 4.02. The van der Waals surface area contributed by atoms with E-state index < -0.39 is 29.4 Å². The normalized spacial score (nSPS) is 17.2. The van der Waals surface area contributed by atoms with Crippen molar-refractivity contribution in [3.63, 3.8) is 0 Å². The smallest absolute Gasteiger partial charge is 0.381 e. The van der Waals surface area contributed by atoms with Crippen LogP contribution in [0.2, 0.25) is 0 Å². The number of hydrogen-bond acceptors (Lipinski definition) is 6. The molecule has 0 saturated carbocycles. The summed E-state index contributed by atoms with van der Waals surface area (Å²) in [5.41, 5.74) is 0.00228. The first kappa shape index (κ1) is 23.2. The topological polar surface area (TPSA) is 107 Å². The molecule has 0 aliphatic carbocycles. The number of pyridine rings is 2. The molecule has 2 amide bonds. The average molecular weight is 489 g/mol. The van der Waals surface area contributed by atoms with E-state index in [1.807, 2.05) is 6.20 Å². The maximum atomic E-state index is 13.0. The number of carbonyl (C=O) groups excluding carboxylic acids is 2. The Morgan fingerprint density at radius 3 is 2.49 bits per heavy atom. The lowest BCUT2D eigenvalue weighted by molar-refractivity contribution is -0.141. The summed E-state index contributed by atoms with van der Waals surface area (Å²) in [7, 11) is 0. The predicted octanol–water partition coefficient (Wildman–Crippen LogP) is 3.02. The van der Waals surface area contributed by atoms with Gasteiger partial charge in [-0.25, -0.2) is 9.97 Å². The van der Waals surface area contributed by atoms with E-state index in [2.05, 4.69) is 20.6 Å². The first-order valence-electron chi connectivity index (χ1n) is 11.1. The number of rotatable bonds is 5. The maximum Gasteiger partial charge on any atom is 0.433 e. The maximum absolute atomic E-state index is 13.0. The summed E-state index contributed by atoms with van der Waals surface area (Å²) in [6.45, 7) is 2.03. The molecule has 2 aliphatic heterocycles. The van der Waals surface area contributed by atoms with Gasteiger partial charge in [0.2, 0.25) is 0 Å². The summed E-state index contributed by atoms with van der Waals surface area (Å²) in [4.78, 5) is 33.9. The van der Waals surface area contributed by atoms with Crippen molar-refractivity contribution in [2.75, 3.05) is 31.7 Å². The molecule has 2 saturated heterocycles. The van der Waals surface area contributed by atoms with E-state index in [9.17, 15) is 22.8 Å². The van der Waals surface area contributed by atoms with Crippen molar-refractivity contribution in [2.45, 2.75) is 31.0 Å². The number of nitrogens with zero attached hydrogens (tertiary/aromatic N) is 3. The molecule has 2 fully saturated rings. The van der Waals surface area contributed by atoms with Crippen molar-refractivity contribution in [1.29, 1.82) is 0 Å². The van der Waals surface area contributed by atoms with Gasteiger partial charge in [0, 0.05) is 31.5 Å². The molecule has 2 aliphatic rings. The minimum atomic E-state index is -4.69. The molecule has 3 aromatic rings. The number of nitrogens with one attached hydrogen (secondary N) is 2. The quantitative estimate of drug-likeness (QED) is 0.571. The summed E-state index contributed by atoms with van der Waals surface area (Å²) in [5, 5.41) is 5.36. The van der Waals surface area contributed by atoms with Gasteiger partial charge in [0.05, 0.1) is 36.2 Å². The molecule has 0 spiro atoms. The molecule has 9 nitrogen and oxygen atoms in total. The van der Waals surface area contributed by atoms with E-state index >= 15 is 0 Å². The highest BCUT2D eigenvalue weighted by Crippen LogP contribution is 2.29. The molecule has 184 valence electrons. The standard InChI is InChI=1S/C23H22F3N5O4/c24-23(25,26)19-3-1-2-16(28-19)22(33)30-18-10-31-9-17(13-4-6-34-7-5-13)29-20(31)8-15(18)21(32)27-14-11-35-12-14/h1-3,8-10,13-14H,4-7,11-12H2,(H,27,32)(H,30,33). The van der Waals surface area contributed by atoms with Crippen LogP contribution in [0.1, 0.15) is 51.0 Å². The minimum absolute atomic E-state index is 0.121. The van der Waals surface area contributed by atoms with Gasteiger partial charge in [-0.2, -0.15) is 13.2 Å². The van der Waals surface area contributed by atoms with E-state index in [-0.39, 0.29) is 23.2 Å². The van der Waals surface area contributed by atoms with E-state index in [0.717, 1.165) is 30.7 Å². The summed E-state index contributed by atoms with van der Waals surface area (Å²) in [5.74, 6) is -1.12. The number of aromatic nitrogens is 3. The van der Waals surface area contributed by atoms with Crippen molar-refractivity contribution in [3.05, 3.63) is 59.3 Å². The van der Waals surface area contributed by atoms with Gasteiger partial charge < -0.3 is 24.5 Å². The summed E-state index contributed by atoms with van der Waals surface area (Å²) in [6.07, 6.45) is 0.309. The predicted molar refractivity (Wildman–Crippen MR) is 117 cm³/mol. The molecule has 0 aromatic carbocycles. The van der Waals surface area contributed by atoms with Crippen molar-refractivity contribution >= 4 is 23.1 Å². The number of fused-ring (bicyclic) bond motifs is 1. The van der Waals surface area contributed by atoms with Crippen LogP contribution in [-0.4, -0.2) is 58.7 Å². The fraction of sp³-hybridized carbons (Fsp3) is 0.391. The Labute approximate surface area is 197 Å². The molecule has 5 heterocycles. The molecule has 0 atom stereocenters.